The Balaban J connectivity index is 2.55. The Kier molecular flexibility index (Phi) is 3.76. The van der Waals surface area contributed by atoms with Crippen molar-refractivity contribution in [2.24, 2.45) is 0 Å². The van der Waals surface area contributed by atoms with E-state index in [0.29, 0.717) is 10.6 Å². The average molecular weight is 385 g/mol. The second-order valence-corrected chi connectivity index (χ2v) is 4.82. The Labute approximate surface area is 119 Å². The van der Waals surface area contributed by atoms with Crippen LogP contribution >= 0.6 is 34.2 Å². The highest BCUT2D eigenvalue weighted by atomic mass is 127. The summed E-state index contributed by atoms with van der Waals surface area (Å²) in [6, 6.07) is 7.40. The number of halogens is 5. The van der Waals surface area contributed by atoms with Gasteiger partial charge < -0.3 is 0 Å². The van der Waals surface area contributed by atoms with E-state index in [0.717, 1.165) is 6.07 Å². The molecule has 0 atom stereocenters. The Hall–Kier alpha value is -0.890. The van der Waals surface area contributed by atoms with Crippen LogP contribution in [0.2, 0.25) is 5.02 Å². The van der Waals surface area contributed by atoms with Gasteiger partial charge in [0.2, 0.25) is 0 Å². The van der Waals surface area contributed by atoms with Crippen LogP contribution < -0.4 is 0 Å². The number of aromatic nitrogens is 2. The fraction of sp³-hybridized carbons (Fsp3) is 0.0909. The van der Waals surface area contributed by atoms with E-state index in [9.17, 15) is 13.2 Å². The normalized spacial score (nSPS) is 11.6. The molecule has 0 radical (unpaired) electrons. The topological polar surface area (TPSA) is 25.8 Å². The van der Waals surface area contributed by atoms with Gasteiger partial charge in [-0.05, 0) is 18.2 Å². The molecule has 0 aliphatic carbocycles. The van der Waals surface area contributed by atoms with Gasteiger partial charge in [-0.25, -0.2) is 9.97 Å². The van der Waals surface area contributed by atoms with E-state index in [1.165, 1.54) is 0 Å². The fourth-order valence-electron chi connectivity index (χ4n) is 1.36. The maximum Gasteiger partial charge on any atom is 0.433 e. The Morgan fingerprint density at radius 2 is 1.83 bits per heavy atom. The molecule has 0 aliphatic rings. The van der Waals surface area contributed by atoms with Crippen molar-refractivity contribution < 1.29 is 13.2 Å². The van der Waals surface area contributed by atoms with E-state index in [1.807, 2.05) is 0 Å². The lowest BCUT2D eigenvalue weighted by atomic mass is 10.1. The highest BCUT2D eigenvalue weighted by Crippen LogP contribution is 2.31. The van der Waals surface area contributed by atoms with Crippen LogP contribution in [0.25, 0.3) is 11.3 Å². The monoisotopic (exact) mass is 384 g/mol. The van der Waals surface area contributed by atoms with Gasteiger partial charge in [0.05, 0.1) is 5.69 Å². The molecule has 0 aliphatic heterocycles. The van der Waals surface area contributed by atoms with Gasteiger partial charge in [0.25, 0.3) is 0 Å². The number of hydrogen-bond acceptors (Lipinski definition) is 2. The SMILES string of the molecule is FC(F)(F)c1cc(-c2cccc(Cl)c2)nc(I)n1. The summed E-state index contributed by atoms with van der Waals surface area (Å²) in [4.78, 5) is 7.35. The van der Waals surface area contributed by atoms with Crippen LogP contribution in [0.3, 0.4) is 0 Å². The minimum Gasteiger partial charge on any atom is -0.223 e. The number of rotatable bonds is 1. The number of benzene rings is 1. The largest absolute Gasteiger partial charge is 0.433 e. The van der Waals surface area contributed by atoms with Gasteiger partial charge >= 0.3 is 6.18 Å². The fourth-order valence-corrected chi connectivity index (χ4v) is 2.07. The first-order valence-corrected chi connectivity index (χ1v) is 6.19. The van der Waals surface area contributed by atoms with Crippen molar-refractivity contribution in [1.82, 2.24) is 9.97 Å². The molecule has 0 unspecified atom stereocenters. The van der Waals surface area contributed by atoms with Crippen LogP contribution in [0.5, 0.6) is 0 Å². The summed E-state index contributed by atoms with van der Waals surface area (Å²) < 4.78 is 37.9. The molecule has 1 heterocycles. The molecular weight excluding hydrogens is 379 g/mol. The maximum absolute atomic E-state index is 12.6. The zero-order valence-corrected chi connectivity index (χ0v) is 11.6. The van der Waals surface area contributed by atoms with Crippen molar-refractivity contribution in [2.75, 3.05) is 0 Å². The minimum absolute atomic E-state index is 0.0393. The zero-order valence-electron chi connectivity index (χ0n) is 8.67. The van der Waals surface area contributed by atoms with Crippen molar-refractivity contribution in [3.8, 4) is 11.3 Å². The summed E-state index contributed by atoms with van der Waals surface area (Å²) in [6.07, 6.45) is -4.49. The van der Waals surface area contributed by atoms with Crippen molar-refractivity contribution in [3.63, 3.8) is 0 Å². The van der Waals surface area contributed by atoms with Crippen molar-refractivity contribution in [1.29, 1.82) is 0 Å². The molecule has 0 N–H and O–H groups in total. The van der Waals surface area contributed by atoms with Crippen LogP contribution in [0.4, 0.5) is 13.2 Å². The molecule has 0 bridgehead atoms. The molecule has 2 aromatic rings. The second-order valence-electron chi connectivity index (χ2n) is 3.42. The van der Waals surface area contributed by atoms with Crippen LogP contribution in [0.15, 0.2) is 30.3 Å². The molecule has 0 saturated heterocycles. The lowest BCUT2D eigenvalue weighted by Crippen LogP contribution is -2.10. The summed E-state index contributed by atoms with van der Waals surface area (Å²) in [7, 11) is 0. The Bertz CT molecular complexity index is 587. The van der Waals surface area contributed by atoms with Crippen molar-refractivity contribution in [3.05, 3.63) is 44.9 Å². The van der Waals surface area contributed by atoms with Gasteiger partial charge in [-0.2, -0.15) is 13.2 Å². The Morgan fingerprint density at radius 1 is 1.11 bits per heavy atom. The predicted molar refractivity (Wildman–Crippen MR) is 70.2 cm³/mol. The molecule has 1 aromatic carbocycles. The zero-order chi connectivity index (χ0) is 13.3. The lowest BCUT2D eigenvalue weighted by Gasteiger charge is -2.08. The maximum atomic E-state index is 12.6. The molecule has 0 spiro atoms. The molecular formula is C11H5ClF3IN2. The third-order valence-electron chi connectivity index (χ3n) is 2.11. The number of nitrogens with zero attached hydrogens (tertiary/aromatic N) is 2. The predicted octanol–water partition coefficient (Wildman–Crippen LogP) is 4.42. The summed E-state index contributed by atoms with van der Waals surface area (Å²) in [5.74, 6) is 0. The minimum atomic E-state index is -4.49. The lowest BCUT2D eigenvalue weighted by molar-refractivity contribution is -0.141. The summed E-state index contributed by atoms with van der Waals surface area (Å²) in [5, 5.41) is 0.440. The summed E-state index contributed by atoms with van der Waals surface area (Å²) in [5.41, 5.74) is -0.241. The second kappa shape index (κ2) is 5.00. The van der Waals surface area contributed by atoms with Crippen LogP contribution in [0, 0.1) is 3.83 Å². The quantitative estimate of drug-likeness (QED) is 0.537. The van der Waals surface area contributed by atoms with E-state index < -0.39 is 11.9 Å². The van der Waals surface area contributed by atoms with E-state index in [1.54, 1.807) is 46.9 Å². The van der Waals surface area contributed by atoms with Gasteiger partial charge in [-0.1, -0.05) is 23.7 Å². The van der Waals surface area contributed by atoms with Gasteiger partial charge in [-0.3, -0.25) is 0 Å². The molecule has 1 aromatic heterocycles. The Morgan fingerprint density at radius 3 is 2.44 bits per heavy atom. The summed E-state index contributed by atoms with van der Waals surface area (Å²) >= 11 is 7.45. The van der Waals surface area contributed by atoms with E-state index in [4.69, 9.17) is 11.6 Å². The van der Waals surface area contributed by atoms with Gasteiger partial charge in [-0.15, -0.1) is 0 Å². The smallest absolute Gasteiger partial charge is 0.223 e. The van der Waals surface area contributed by atoms with E-state index >= 15 is 0 Å². The van der Waals surface area contributed by atoms with Gasteiger partial charge in [0.15, 0.2) is 3.83 Å². The van der Waals surface area contributed by atoms with Gasteiger partial charge in [0.1, 0.15) is 5.69 Å². The summed E-state index contributed by atoms with van der Waals surface area (Å²) in [6.45, 7) is 0. The molecule has 94 valence electrons. The third kappa shape index (κ3) is 3.11. The molecule has 0 fully saturated rings. The number of alkyl halides is 3. The first-order chi connectivity index (χ1) is 8.36. The average Bonchev–Trinajstić information content (AvgIpc) is 2.27. The highest BCUT2D eigenvalue weighted by molar-refractivity contribution is 14.1. The van der Waals surface area contributed by atoms with Crippen LogP contribution in [-0.2, 0) is 6.18 Å². The molecule has 0 saturated carbocycles. The molecule has 2 rings (SSSR count). The van der Waals surface area contributed by atoms with Gasteiger partial charge in [0, 0.05) is 33.2 Å². The van der Waals surface area contributed by atoms with Crippen molar-refractivity contribution in [2.45, 2.75) is 6.18 Å². The first-order valence-electron chi connectivity index (χ1n) is 4.74. The third-order valence-corrected chi connectivity index (χ3v) is 2.83. The number of hydrogen-bond donors (Lipinski definition) is 0. The first kappa shape index (κ1) is 13.5. The standard InChI is InChI=1S/C11H5ClF3IN2/c12-7-3-1-2-6(4-7)8-5-9(11(13,14)15)18-10(16)17-8/h1-5H. The van der Waals surface area contributed by atoms with E-state index in [-0.39, 0.29) is 9.53 Å². The molecule has 18 heavy (non-hydrogen) atoms. The molecule has 7 heteroatoms. The van der Waals surface area contributed by atoms with E-state index in [2.05, 4.69) is 9.97 Å². The molecule has 0 amide bonds. The highest BCUT2D eigenvalue weighted by Gasteiger charge is 2.33. The van der Waals surface area contributed by atoms with Crippen molar-refractivity contribution >= 4 is 34.2 Å². The van der Waals surface area contributed by atoms with Crippen LogP contribution in [0.1, 0.15) is 5.69 Å². The van der Waals surface area contributed by atoms with Crippen LogP contribution in [-0.4, -0.2) is 9.97 Å². The molecule has 2 nitrogen and oxygen atoms in total.